The average molecular weight is 605 g/mol. The number of likely N-dealkylation sites (tertiary alicyclic amines) is 1. The maximum Gasteiger partial charge on any atom is 0.323 e. The molecule has 1 fully saturated rings. The zero-order valence-corrected chi connectivity index (χ0v) is 22.7. The molecule has 3 amide bonds. The van der Waals surface area contributed by atoms with Gasteiger partial charge in [-0.3, -0.25) is 28.9 Å². The molecule has 16 heteroatoms. The fraction of sp³-hybridized carbons (Fsp3) is 0.208. The molecule has 2 aromatic carbocycles. The van der Waals surface area contributed by atoms with E-state index in [-0.39, 0.29) is 15.5 Å². The van der Waals surface area contributed by atoms with Crippen molar-refractivity contribution in [2.75, 3.05) is 18.5 Å². The number of hydrogen-bond acceptors (Lipinski definition) is 10. The van der Waals surface area contributed by atoms with Crippen LogP contribution in [0.4, 0.5) is 5.69 Å². The van der Waals surface area contributed by atoms with Crippen LogP contribution in [0.5, 0.6) is 5.75 Å². The van der Waals surface area contributed by atoms with Crippen molar-refractivity contribution >= 4 is 62.5 Å². The van der Waals surface area contributed by atoms with E-state index < -0.39 is 64.0 Å². The first-order valence-corrected chi connectivity index (χ1v) is 14.8. The number of amides is 3. The number of rotatable bonds is 8. The van der Waals surface area contributed by atoms with E-state index in [1.807, 2.05) is 0 Å². The molecule has 1 aromatic heterocycles. The van der Waals surface area contributed by atoms with Crippen LogP contribution in [0.2, 0.25) is 0 Å². The number of ether oxygens (including phenoxy) is 1. The topological polar surface area (TPSA) is 206 Å². The molecule has 3 heterocycles. The van der Waals surface area contributed by atoms with Crippen molar-refractivity contribution in [2.24, 2.45) is 11.1 Å². The Morgan fingerprint density at radius 2 is 1.82 bits per heavy atom. The van der Waals surface area contributed by atoms with Gasteiger partial charge in [-0.05, 0) is 42.0 Å². The summed E-state index contributed by atoms with van der Waals surface area (Å²) in [6.45, 7) is -1.16. The number of nitrogens with zero attached hydrogens (tertiary/aromatic N) is 1. The Morgan fingerprint density at radius 1 is 1.10 bits per heavy atom. The molecule has 0 spiro atoms. The van der Waals surface area contributed by atoms with Crippen LogP contribution >= 0.6 is 23.1 Å². The van der Waals surface area contributed by atoms with Crippen molar-refractivity contribution in [2.45, 2.75) is 21.1 Å². The second-order valence-corrected chi connectivity index (χ2v) is 12.6. The van der Waals surface area contributed by atoms with Crippen LogP contribution in [0.15, 0.2) is 63.2 Å². The molecular formula is C24H20N4O9S3. The number of H-pyrrole nitrogens is 1. The third-order valence-electron chi connectivity index (χ3n) is 6.26. The van der Waals surface area contributed by atoms with E-state index in [0.29, 0.717) is 21.2 Å². The van der Waals surface area contributed by atoms with Crippen molar-refractivity contribution < 1.29 is 37.4 Å². The molecule has 3 atom stereocenters. The van der Waals surface area contributed by atoms with Gasteiger partial charge in [0.1, 0.15) is 17.5 Å². The fourth-order valence-electron chi connectivity index (χ4n) is 4.60. The lowest BCUT2D eigenvalue weighted by Gasteiger charge is -2.30. The largest absolute Gasteiger partial charge is 0.484 e. The highest BCUT2D eigenvalue weighted by Crippen LogP contribution is 2.52. The predicted molar refractivity (Wildman–Crippen MR) is 143 cm³/mol. The number of fused-ring (bicyclic) bond motifs is 2. The van der Waals surface area contributed by atoms with Crippen LogP contribution in [-0.2, 0) is 29.2 Å². The first-order valence-electron chi connectivity index (χ1n) is 11.5. The number of aromatic nitrogens is 1. The summed E-state index contributed by atoms with van der Waals surface area (Å²) in [6.07, 6.45) is 0. The number of thiazole rings is 1. The Hall–Kier alpha value is -3.99. The van der Waals surface area contributed by atoms with Crippen molar-refractivity contribution in [3.05, 3.63) is 68.6 Å². The Balaban J connectivity index is 1.36. The summed E-state index contributed by atoms with van der Waals surface area (Å²) in [4.78, 5) is 65.6. The summed E-state index contributed by atoms with van der Waals surface area (Å²) in [5, 5.41) is 16.4. The molecule has 0 radical (unpaired) electrons. The van der Waals surface area contributed by atoms with Crippen LogP contribution in [-0.4, -0.2) is 65.5 Å². The molecule has 40 heavy (non-hydrogen) atoms. The standard InChI is InChI=1S/C24H20N4O9S3/c25-40(35,36)14-6-4-12(5-7-14)26-15(29)10-37-13-3-1-2-11(8-13)17-18-20(38-21-19(17)39-24(34)27-21)23(33)28(22(18)32)9-16(30)31/h1-8,17-18,20H,9-10H2,(H,26,29)(H,27,34)(H,30,31)(H2,25,35,36)/t17-,18+,20-/m0/s1. The molecule has 13 nitrogen and oxygen atoms in total. The smallest absolute Gasteiger partial charge is 0.323 e. The lowest BCUT2D eigenvalue weighted by Crippen LogP contribution is -2.36. The summed E-state index contributed by atoms with van der Waals surface area (Å²) in [5.41, 5.74) is 0.868. The lowest BCUT2D eigenvalue weighted by molar-refractivity contribution is -0.149. The van der Waals surface area contributed by atoms with Gasteiger partial charge in [-0.1, -0.05) is 35.2 Å². The first-order chi connectivity index (χ1) is 18.9. The molecule has 0 saturated carbocycles. The molecule has 0 bridgehead atoms. The van der Waals surface area contributed by atoms with Gasteiger partial charge in [0, 0.05) is 16.5 Å². The predicted octanol–water partition coefficient (Wildman–Crippen LogP) is 0.777. The van der Waals surface area contributed by atoms with Gasteiger partial charge in [0.15, 0.2) is 6.61 Å². The number of aromatic amines is 1. The number of sulfonamides is 1. The van der Waals surface area contributed by atoms with Crippen LogP contribution in [0.1, 0.15) is 16.4 Å². The lowest BCUT2D eigenvalue weighted by atomic mass is 9.83. The zero-order valence-electron chi connectivity index (χ0n) is 20.2. The number of benzene rings is 2. The Morgan fingerprint density at radius 3 is 2.50 bits per heavy atom. The van der Waals surface area contributed by atoms with E-state index in [1.165, 1.54) is 24.3 Å². The third-order valence-corrected chi connectivity index (χ3v) is 9.59. The maximum atomic E-state index is 13.3. The molecule has 2 aliphatic heterocycles. The number of carboxylic acid groups (broad SMARTS) is 1. The number of hydrogen-bond donors (Lipinski definition) is 4. The zero-order chi connectivity index (χ0) is 28.8. The number of aliphatic carboxylic acids is 1. The van der Waals surface area contributed by atoms with Crippen LogP contribution in [0.3, 0.4) is 0 Å². The normalized spacial score (nSPS) is 20.1. The number of nitrogens with two attached hydrogens (primary N) is 1. The molecular weight excluding hydrogens is 584 g/mol. The van der Waals surface area contributed by atoms with Crippen LogP contribution in [0, 0.1) is 5.92 Å². The molecule has 5 rings (SSSR count). The summed E-state index contributed by atoms with van der Waals surface area (Å²) in [7, 11) is -3.87. The number of thioether (sulfide) groups is 1. The SMILES string of the molecule is NS(=O)(=O)c1ccc(NC(=O)COc2cccc([C@@H]3c4sc(=O)[nH]c4S[C@@H]4C(=O)N(CC(=O)O)C(=O)[C@H]34)c2)cc1. The van der Waals surface area contributed by atoms with Crippen molar-refractivity contribution in [3.8, 4) is 5.75 Å². The number of carbonyl (C=O) groups excluding carboxylic acids is 3. The molecule has 0 aliphatic carbocycles. The van der Waals surface area contributed by atoms with Gasteiger partial charge in [0.2, 0.25) is 21.8 Å². The van der Waals surface area contributed by atoms with Gasteiger partial charge in [0.05, 0.1) is 15.8 Å². The van der Waals surface area contributed by atoms with Gasteiger partial charge in [-0.25, -0.2) is 13.6 Å². The second kappa shape index (κ2) is 10.5. The summed E-state index contributed by atoms with van der Waals surface area (Å²) in [6, 6.07) is 11.8. The van der Waals surface area contributed by atoms with Crippen molar-refractivity contribution in [1.82, 2.24) is 9.88 Å². The summed E-state index contributed by atoms with van der Waals surface area (Å²) in [5.74, 6) is -4.51. The minimum absolute atomic E-state index is 0.106. The summed E-state index contributed by atoms with van der Waals surface area (Å²) < 4.78 is 28.4. The highest BCUT2D eigenvalue weighted by Gasteiger charge is 2.56. The first kappa shape index (κ1) is 27.6. The fourth-order valence-corrected chi connectivity index (χ4v) is 7.65. The van der Waals surface area contributed by atoms with Crippen molar-refractivity contribution in [3.63, 3.8) is 0 Å². The number of anilines is 1. The van der Waals surface area contributed by atoms with Crippen molar-refractivity contribution in [1.29, 1.82) is 0 Å². The molecule has 5 N–H and O–H groups in total. The third kappa shape index (κ3) is 5.38. The van der Waals surface area contributed by atoms with E-state index in [0.717, 1.165) is 28.0 Å². The van der Waals surface area contributed by atoms with E-state index in [2.05, 4.69) is 10.3 Å². The highest BCUT2D eigenvalue weighted by molar-refractivity contribution is 8.00. The molecule has 1 saturated heterocycles. The van der Waals surface area contributed by atoms with Gasteiger partial charge in [-0.2, -0.15) is 0 Å². The number of carbonyl (C=O) groups is 4. The molecule has 0 unspecified atom stereocenters. The number of carboxylic acids is 1. The minimum Gasteiger partial charge on any atom is -0.484 e. The van der Waals surface area contributed by atoms with Gasteiger partial charge in [0.25, 0.3) is 5.91 Å². The molecule has 2 aliphatic rings. The number of primary sulfonamides is 1. The van der Waals surface area contributed by atoms with E-state index in [1.54, 1.807) is 24.3 Å². The number of imide groups is 1. The minimum atomic E-state index is -3.87. The number of nitrogens with one attached hydrogen (secondary N) is 2. The Bertz CT molecular complexity index is 1700. The van der Waals surface area contributed by atoms with Gasteiger partial charge < -0.3 is 20.1 Å². The maximum absolute atomic E-state index is 13.3. The van der Waals surface area contributed by atoms with Crippen LogP contribution in [0.25, 0.3) is 0 Å². The van der Waals surface area contributed by atoms with Gasteiger partial charge in [-0.15, -0.1) is 0 Å². The van der Waals surface area contributed by atoms with E-state index in [9.17, 15) is 37.5 Å². The average Bonchev–Trinajstić information content (AvgIpc) is 3.37. The second-order valence-electron chi connectivity index (χ2n) is 8.88. The Labute approximate surface area is 234 Å². The monoisotopic (exact) mass is 604 g/mol. The van der Waals surface area contributed by atoms with Crippen LogP contribution < -0.4 is 20.1 Å². The van der Waals surface area contributed by atoms with E-state index >= 15 is 0 Å². The molecule has 208 valence electrons. The molecule has 3 aromatic rings. The highest BCUT2D eigenvalue weighted by atomic mass is 32.2. The van der Waals surface area contributed by atoms with Gasteiger partial charge >= 0.3 is 10.8 Å². The Kier molecular flexibility index (Phi) is 7.26. The quantitative estimate of drug-likeness (QED) is 0.266. The van der Waals surface area contributed by atoms with E-state index in [4.69, 9.17) is 9.88 Å². The summed E-state index contributed by atoms with van der Waals surface area (Å²) >= 11 is 1.94.